The first-order valence-corrected chi connectivity index (χ1v) is 4.35. The van der Waals surface area contributed by atoms with Gasteiger partial charge in [-0.15, -0.1) is 11.8 Å². The van der Waals surface area contributed by atoms with Crippen molar-refractivity contribution >= 4 is 0 Å². The molecule has 2 rings (SSSR count). The minimum atomic E-state index is 0. The third-order valence-corrected chi connectivity index (χ3v) is 1.74. The summed E-state index contributed by atoms with van der Waals surface area (Å²) in [5.74, 6) is 0. The van der Waals surface area contributed by atoms with Crippen LogP contribution >= 0.6 is 0 Å². The molecule has 0 unspecified atom stereocenters. The minimum Gasteiger partial charge on any atom is -0.877 e. The summed E-state index contributed by atoms with van der Waals surface area (Å²) >= 11 is 0. The fourth-order valence-corrected chi connectivity index (χ4v) is 0.987. The molecule has 1 N–H and O–H groups in total. The quantitative estimate of drug-likeness (QED) is 0.459. The Kier molecular flexibility index (Phi) is 7.55. The van der Waals surface area contributed by atoms with Gasteiger partial charge in [0.2, 0.25) is 0 Å². The number of rotatable bonds is 1. The first kappa shape index (κ1) is 13.8. The predicted molar refractivity (Wildman–Crippen MR) is 54.3 cm³/mol. The molecule has 1 aliphatic rings. The molecule has 1 aromatic rings. The SMILES string of the molecule is OCc1ccc[cH-]1.[Fe+2].[O-]C=C1C=CC=C1. The molecule has 2 nitrogen and oxygen atoms in total. The van der Waals surface area contributed by atoms with Gasteiger partial charge in [0, 0.05) is 6.61 Å². The summed E-state index contributed by atoms with van der Waals surface area (Å²) < 4.78 is 0. The molecule has 0 atom stereocenters. The summed E-state index contributed by atoms with van der Waals surface area (Å²) in [6.45, 7) is 0.160. The summed E-state index contributed by atoms with van der Waals surface area (Å²) in [5, 5.41) is 18.3. The van der Waals surface area contributed by atoms with Gasteiger partial charge in [-0.05, 0) is 5.57 Å². The zero-order valence-electron chi connectivity index (χ0n) is 8.11. The molecule has 0 amide bonds. The standard InChI is InChI=1S/C6H7O.C6H6O.Fe/c2*7-5-6-3-1-2-4-6;/h1-4,7H,5H2;1-5,7H;/q-1;;+2/p-1. The summed E-state index contributed by atoms with van der Waals surface area (Å²) in [4.78, 5) is 0. The molecule has 3 heteroatoms. The van der Waals surface area contributed by atoms with Crippen LogP contribution in [-0.4, -0.2) is 5.11 Å². The van der Waals surface area contributed by atoms with Gasteiger partial charge < -0.3 is 10.2 Å². The molecular formula is C12H12FeO2. The Balaban J connectivity index is 0.000000245. The molecule has 0 saturated carbocycles. The average molecular weight is 244 g/mol. The molecule has 0 heterocycles. The van der Waals surface area contributed by atoms with Crippen LogP contribution in [0.25, 0.3) is 0 Å². The third-order valence-electron chi connectivity index (χ3n) is 1.74. The molecule has 80 valence electrons. The number of aliphatic hydroxyl groups excluding tert-OH is 1. The van der Waals surface area contributed by atoms with Crippen molar-refractivity contribution in [3.05, 3.63) is 66.0 Å². The van der Waals surface area contributed by atoms with Crippen molar-refractivity contribution < 1.29 is 27.3 Å². The Bertz CT molecular complexity index is 321. The van der Waals surface area contributed by atoms with Crippen LogP contribution in [0.2, 0.25) is 0 Å². The van der Waals surface area contributed by atoms with Crippen molar-refractivity contribution in [1.29, 1.82) is 0 Å². The van der Waals surface area contributed by atoms with Gasteiger partial charge in [-0.3, -0.25) is 0 Å². The van der Waals surface area contributed by atoms with Crippen LogP contribution in [0.4, 0.5) is 0 Å². The number of allylic oxidation sites excluding steroid dienone is 5. The van der Waals surface area contributed by atoms with Crippen molar-refractivity contribution in [2.24, 2.45) is 0 Å². The third kappa shape index (κ3) is 5.33. The number of hydrogen-bond acceptors (Lipinski definition) is 2. The van der Waals surface area contributed by atoms with Crippen LogP contribution < -0.4 is 5.11 Å². The monoisotopic (exact) mass is 244 g/mol. The number of aliphatic hydroxyl groups is 1. The van der Waals surface area contributed by atoms with Crippen LogP contribution in [0, 0.1) is 0 Å². The zero-order valence-corrected chi connectivity index (χ0v) is 9.22. The second-order valence-corrected chi connectivity index (χ2v) is 2.79. The van der Waals surface area contributed by atoms with E-state index in [1.807, 2.05) is 36.4 Å². The van der Waals surface area contributed by atoms with Crippen molar-refractivity contribution in [3.63, 3.8) is 0 Å². The van der Waals surface area contributed by atoms with Gasteiger partial charge in [-0.1, -0.05) is 24.3 Å². The second kappa shape index (κ2) is 8.18. The van der Waals surface area contributed by atoms with Gasteiger partial charge in [-0.25, -0.2) is 12.1 Å². The Morgan fingerprint density at radius 3 is 2.27 bits per heavy atom. The molecule has 1 aromatic carbocycles. The van der Waals surface area contributed by atoms with Crippen molar-refractivity contribution in [2.45, 2.75) is 6.61 Å². The Morgan fingerprint density at radius 1 is 1.33 bits per heavy atom. The first-order valence-electron chi connectivity index (χ1n) is 4.35. The Hall–Kier alpha value is -1.15. The van der Waals surface area contributed by atoms with Gasteiger partial charge in [0.25, 0.3) is 0 Å². The van der Waals surface area contributed by atoms with Crippen molar-refractivity contribution in [2.75, 3.05) is 0 Å². The fraction of sp³-hybridized carbons (Fsp3) is 0.0833. The first-order chi connectivity index (χ1) is 6.86. The van der Waals surface area contributed by atoms with Crippen LogP contribution in [0.3, 0.4) is 0 Å². The molecule has 0 saturated heterocycles. The maximum atomic E-state index is 9.87. The van der Waals surface area contributed by atoms with Crippen LogP contribution in [-0.2, 0) is 23.7 Å². The van der Waals surface area contributed by atoms with Crippen LogP contribution in [0.15, 0.2) is 60.4 Å². The molecule has 0 radical (unpaired) electrons. The molecule has 0 aromatic heterocycles. The molecule has 0 spiro atoms. The van der Waals surface area contributed by atoms with E-state index in [9.17, 15) is 5.11 Å². The maximum Gasteiger partial charge on any atom is 2.00 e. The van der Waals surface area contributed by atoms with Gasteiger partial charge in [0.15, 0.2) is 0 Å². The van der Waals surface area contributed by atoms with Gasteiger partial charge in [0.05, 0.1) is 0 Å². The van der Waals surface area contributed by atoms with Gasteiger partial charge >= 0.3 is 17.1 Å². The molecule has 1 aliphatic carbocycles. The van der Waals surface area contributed by atoms with Gasteiger partial charge in [0.1, 0.15) is 0 Å². The molecule has 0 aliphatic heterocycles. The normalized spacial score (nSPS) is 11.7. The van der Waals surface area contributed by atoms with E-state index in [-0.39, 0.29) is 23.7 Å². The number of hydrogen-bond donors (Lipinski definition) is 1. The van der Waals surface area contributed by atoms with E-state index in [1.165, 1.54) is 0 Å². The van der Waals surface area contributed by atoms with Crippen LogP contribution in [0.1, 0.15) is 5.56 Å². The molecular weight excluding hydrogens is 232 g/mol. The van der Waals surface area contributed by atoms with Crippen molar-refractivity contribution in [1.82, 2.24) is 0 Å². The van der Waals surface area contributed by atoms with Crippen molar-refractivity contribution in [3.8, 4) is 0 Å². The smallest absolute Gasteiger partial charge is 0.877 e. The maximum absolute atomic E-state index is 9.87. The van der Waals surface area contributed by atoms with E-state index in [0.29, 0.717) is 0 Å². The molecule has 0 bridgehead atoms. The van der Waals surface area contributed by atoms with E-state index in [2.05, 4.69) is 0 Å². The van der Waals surface area contributed by atoms with E-state index in [4.69, 9.17) is 5.11 Å². The van der Waals surface area contributed by atoms with E-state index >= 15 is 0 Å². The summed E-state index contributed by atoms with van der Waals surface area (Å²) in [6, 6.07) is 7.59. The average Bonchev–Trinajstić information content (AvgIpc) is 2.92. The predicted octanol–water partition coefficient (Wildman–Crippen LogP) is 1.25. The molecule has 15 heavy (non-hydrogen) atoms. The summed E-state index contributed by atoms with van der Waals surface area (Å²) in [6.07, 6.45) is 8.05. The Labute approximate surface area is 100 Å². The minimum absolute atomic E-state index is 0. The van der Waals surface area contributed by atoms with Crippen LogP contribution in [0.5, 0.6) is 0 Å². The second-order valence-electron chi connectivity index (χ2n) is 2.79. The van der Waals surface area contributed by atoms with Gasteiger partial charge in [-0.2, -0.15) is 12.1 Å². The zero-order chi connectivity index (χ0) is 10.2. The molecule has 0 fully saturated rings. The van der Waals surface area contributed by atoms with E-state index < -0.39 is 0 Å². The van der Waals surface area contributed by atoms with E-state index in [0.717, 1.165) is 17.4 Å². The largest absolute Gasteiger partial charge is 2.00 e. The van der Waals surface area contributed by atoms with E-state index in [1.54, 1.807) is 12.2 Å². The summed E-state index contributed by atoms with van der Waals surface area (Å²) in [7, 11) is 0. The summed E-state index contributed by atoms with van der Waals surface area (Å²) in [5.41, 5.74) is 1.74. The fourth-order valence-electron chi connectivity index (χ4n) is 0.987. The Morgan fingerprint density at radius 2 is 2.00 bits per heavy atom. The topological polar surface area (TPSA) is 43.3 Å².